The van der Waals surface area contributed by atoms with Gasteiger partial charge in [0.15, 0.2) is 0 Å². The van der Waals surface area contributed by atoms with Crippen molar-refractivity contribution in [2.75, 3.05) is 25.1 Å². The van der Waals surface area contributed by atoms with Crippen molar-refractivity contribution < 1.29 is 22.7 Å². The number of methoxy groups -OCH3 is 2. The molecule has 2 aromatic rings. The van der Waals surface area contributed by atoms with Crippen molar-refractivity contribution in [1.82, 2.24) is 0 Å². The third kappa shape index (κ3) is 4.36. The van der Waals surface area contributed by atoms with Gasteiger partial charge < -0.3 is 9.47 Å². The second-order valence-corrected chi connectivity index (χ2v) is 7.58. The van der Waals surface area contributed by atoms with Crippen LogP contribution >= 0.6 is 23.2 Å². The summed E-state index contributed by atoms with van der Waals surface area (Å²) in [6, 6.07) is 10.1. The van der Waals surface area contributed by atoms with E-state index in [-0.39, 0.29) is 16.3 Å². The van der Waals surface area contributed by atoms with E-state index in [4.69, 9.17) is 32.7 Å². The number of benzene rings is 2. The van der Waals surface area contributed by atoms with Gasteiger partial charge in [-0.05, 0) is 48.0 Å². The largest absolute Gasteiger partial charge is 0.497 e. The van der Waals surface area contributed by atoms with Crippen LogP contribution in [0, 0.1) is 0 Å². The highest BCUT2D eigenvalue weighted by Crippen LogP contribution is 2.35. The van der Waals surface area contributed by atoms with E-state index in [1.807, 2.05) is 0 Å². The average Bonchev–Trinajstić information content (AvgIpc) is 2.59. The van der Waals surface area contributed by atoms with Crippen LogP contribution in [-0.2, 0) is 14.8 Å². The Hall–Kier alpha value is -1.96. The number of carbonyl (C=O) groups excluding carboxylic acids is 1. The highest BCUT2D eigenvalue weighted by Gasteiger charge is 2.29. The van der Waals surface area contributed by atoms with Gasteiger partial charge in [-0.3, -0.25) is 9.10 Å². The van der Waals surface area contributed by atoms with Crippen molar-refractivity contribution in [3.8, 4) is 11.5 Å². The molecule has 0 heterocycles. The topological polar surface area (TPSA) is 72.9 Å². The Labute approximate surface area is 155 Å². The third-order valence-electron chi connectivity index (χ3n) is 3.33. The number of nitrogens with zero attached hydrogens (tertiary/aromatic N) is 1. The Morgan fingerprint density at radius 2 is 1.72 bits per heavy atom. The van der Waals surface area contributed by atoms with Gasteiger partial charge in [0.25, 0.3) is 10.0 Å². The van der Waals surface area contributed by atoms with Crippen LogP contribution in [0.1, 0.15) is 0 Å². The van der Waals surface area contributed by atoms with Crippen molar-refractivity contribution >= 4 is 44.2 Å². The molecule has 0 aliphatic carbocycles. The molecule has 25 heavy (non-hydrogen) atoms. The van der Waals surface area contributed by atoms with E-state index >= 15 is 0 Å². The summed E-state index contributed by atoms with van der Waals surface area (Å²) < 4.78 is 37.2. The van der Waals surface area contributed by atoms with E-state index in [0.29, 0.717) is 10.8 Å². The molecule has 0 radical (unpaired) electrons. The summed E-state index contributed by atoms with van der Waals surface area (Å²) in [6.45, 7) is -0.560. The lowest BCUT2D eigenvalue weighted by Gasteiger charge is -2.25. The predicted octanol–water partition coefficient (Wildman–Crippen LogP) is 3.32. The number of hydrogen-bond acceptors (Lipinski definition) is 5. The Balaban J connectivity index is 2.60. The van der Waals surface area contributed by atoms with Crippen LogP contribution in [0.4, 0.5) is 5.69 Å². The van der Waals surface area contributed by atoms with E-state index in [1.54, 1.807) is 6.07 Å². The molecule has 2 rings (SSSR count). The molecule has 0 saturated carbocycles. The summed E-state index contributed by atoms with van der Waals surface area (Å²) in [5, 5.41) is -0.448. The summed E-state index contributed by atoms with van der Waals surface area (Å²) in [5.41, 5.74) is 0.159. The maximum absolute atomic E-state index is 13.0. The first-order chi connectivity index (χ1) is 11.8. The molecule has 2 aromatic carbocycles. The van der Waals surface area contributed by atoms with Crippen molar-refractivity contribution in [1.29, 1.82) is 0 Å². The van der Waals surface area contributed by atoms with E-state index in [2.05, 4.69) is 0 Å². The average molecular weight is 404 g/mol. The quantitative estimate of drug-likeness (QED) is 0.662. The molecule has 0 aliphatic heterocycles. The summed E-state index contributed by atoms with van der Waals surface area (Å²) >= 11 is 11.3. The minimum atomic E-state index is -4.07. The Bertz CT molecular complexity index is 869. The van der Waals surface area contributed by atoms with Gasteiger partial charge >= 0.3 is 0 Å². The molecule has 6 nitrogen and oxygen atoms in total. The monoisotopic (exact) mass is 403 g/mol. The number of hydrogen-bond donors (Lipinski definition) is 0. The second-order valence-electron chi connectivity index (χ2n) is 4.86. The fourth-order valence-electron chi connectivity index (χ4n) is 2.14. The molecule has 0 aliphatic rings. The summed E-state index contributed by atoms with van der Waals surface area (Å²) in [6.07, 6.45) is 0. The molecule has 0 amide bonds. The van der Waals surface area contributed by atoms with Crippen molar-refractivity contribution in [2.45, 2.75) is 4.90 Å². The molecule has 9 heteroatoms. The lowest BCUT2D eigenvalue weighted by molar-refractivity contribution is -0.110. The summed E-state index contributed by atoms with van der Waals surface area (Å²) in [4.78, 5) is 11.4. The molecular formula is C16H15Cl2NO5S. The van der Waals surface area contributed by atoms with Gasteiger partial charge in [0, 0.05) is 11.1 Å². The Kier molecular flexibility index (Phi) is 6.16. The molecule has 0 unspecified atom stereocenters. The van der Waals surface area contributed by atoms with Gasteiger partial charge in [-0.15, -0.1) is 0 Å². The minimum absolute atomic E-state index is 0.0345. The first-order valence-electron chi connectivity index (χ1n) is 6.98. The van der Waals surface area contributed by atoms with E-state index in [9.17, 15) is 13.2 Å². The van der Waals surface area contributed by atoms with Crippen LogP contribution in [0.25, 0.3) is 0 Å². The molecule has 0 bridgehead atoms. The molecule has 134 valence electrons. The van der Waals surface area contributed by atoms with Gasteiger partial charge in [-0.1, -0.05) is 11.6 Å². The molecule has 0 atom stereocenters. The normalized spacial score (nSPS) is 11.0. The highest BCUT2D eigenvalue weighted by atomic mass is 35.5. The van der Waals surface area contributed by atoms with Crippen LogP contribution in [0.15, 0.2) is 47.4 Å². The molecule has 0 fully saturated rings. The summed E-state index contributed by atoms with van der Waals surface area (Å²) in [5.74, 6) is 0.691. The zero-order valence-corrected chi connectivity index (χ0v) is 15.7. The SMILES string of the molecule is COc1ccc(N(CC(=O)Cl)S(=O)(=O)c2ccc(Cl)cc2)c(OC)c1. The zero-order valence-electron chi connectivity index (χ0n) is 13.4. The molecule has 0 N–H and O–H groups in total. The second kappa shape index (κ2) is 7.95. The summed E-state index contributed by atoms with van der Waals surface area (Å²) in [7, 11) is -1.22. The van der Waals surface area contributed by atoms with Crippen molar-refractivity contribution in [2.24, 2.45) is 0 Å². The number of sulfonamides is 1. The first-order valence-corrected chi connectivity index (χ1v) is 9.18. The Morgan fingerprint density at radius 1 is 1.08 bits per heavy atom. The van der Waals surface area contributed by atoms with Gasteiger partial charge in [-0.2, -0.15) is 0 Å². The number of anilines is 1. The van der Waals surface area contributed by atoms with Gasteiger partial charge in [-0.25, -0.2) is 8.42 Å². The van der Waals surface area contributed by atoms with Crippen molar-refractivity contribution in [3.05, 3.63) is 47.5 Å². The zero-order chi connectivity index (χ0) is 18.6. The van der Waals surface area contributed by atoms with Crippen LogP contribution in [-0.4, -0.2) is 34.4 Å². The fourth-order valence-corrected chi connectivity index (χ4v) is 3.89. The minimum Gasteiger partial charge on any atom is -0.497 e. The molecular weight excluding hydrogens is 389 g/mol. The maximum atomic E-state index is 13.0. The van der Waals surface area contributed by atoms with E-state index in [1.165, 1.54) is 50.6 Å². The molecule has 0 spiro atoms. The van der Waals surface area contributed by atoms with Crippen LogP contribution in [0.5, 0.6) is 11.5 Å². The molecule has 0 aromatic heterocycles. The first kappa shape index (κ1) is 19.4. The van der Waals surface area contributed by atoms with E-state index < -0.39 is 21.8 Å². The van der Waals surface area contributed by atoms with Crippen LogP contribution in [0.3, 0.4) is 0 Å². The highest BCUT2D eigenvalue weighted by molar-refractivity contribution is 7.92. The van der Waals surface area contributed by atoms with Crippen molar-refractivity contribution in [3.63, 3.8) is 0 Å². The van der Waals surface area contributed by atoms with Crippen LogP contribution < -0.4 is 13.8 Å². The lowest BCUT2D eigenvalue weighted by Crippen LogP contribution is -2.34. The molecule has 0 saturated heterocycles. The number of ether oxygens (including phenoxy) is 2. The van der Waals surface area contributed by atoms with Gasteiger partial charge in [0.2, 0.25) is 5.24 Å². The van der Waals surface area contributed by atoms with E-state index in [0.717, 1.165) is 4.31 Å². The standard InChI is InChI=1S/C16H15Cl2NO5S/c1-23-12-5-8-14(15(9-12)24-2)19(10-16(18)20)25(21,22)13-6-3-11(17)4-7-13/h3-9H,10H2,1-2H3. The fraction of sp³-hybridized carbons (Fsp3) is 0.188. The maximum Gasteiger partial charge on any atom is 0.264 e. The number of rotatable bonds is 7. The lowest BCUT2D eigenvalue weighted by atomic mass is 10.2. The predicted molar refractivity (Wildman–Crippen MR) is 96.4 cm³/mol. The third-order valence-corrected chi connectivity index (χ3v) is 5.47. The Morgan fingerprint density at radius 3 is 2.24 bits per heavy atom. The number of carbonyl (C=O) groups is 1. The van der Waals surface area contributed by atoms with Gasteiger partial charge in [0.1, 0.15) is 18.0 Å². The number of halogens is 2. The van der Waals surface area contributed by atoms with Gasteiger partial charge in [0.05, 0.1) is 24.8 Å². The van der Waals surface area contributed by atoms with Crippen LogP contribution in [0.2, 0.25) is 5.02 Å². The smallest absolute Gasteiger partial charge is 0.264 e.